The summed E-state index contributed by atoms with van der Waals surface area (Å²) in [4.78, 5) is 2.03. The van der Waals surface area contributed by atoms with Gasteiger partial charge in [-0.25, -0.2) is 0 Å². The van der Waals surface area contributed by atoms with Crippen molar-refractivity contribution in [2.24, 2.45) is 0 Å². The van der Waals surface area contributed by atoms with Crippen LogP contribution in [0.1, 0.15) is 5.76 Å². The highest BCUT2D eigenvalue weighted by Crippen LogP contribution is 1.97. The molecule has 0 atom stereocenters. The molecule has 9 heavy (non-hydrogen) atoms. The summed E-state index contributed by atoms with van der Waals surface area (Å²) < 4.78 is 4.85. The van der Waals surface area contributed by atoms with Gasteiger partial charge in [0.05, 0.1) is 12.7 Å². The largest absolute Gasteiger partial charge is 0.360 e. The highest BCUT2D eigenvalue weighted by atomic mass is 16.5. The van der Waals surface area contributed by atoms with E-state index in [0.717, 1.165) is 12.3 Å². The van der Waals surface area contributed by atoms with Crippen molar-refractivity contribution >= 4 is 0 Å². The number of aromatic nitrogens is 1. The van der Waals surface area contributed by atoms with Gasteiger partial charge in [-0.3, -0.25) is 0 Å². The Labute approximate surface area is 54.3 Å². The van der Waals surface area contributed by atoms with Crippen molar-refractivity contribution in [3.8, 4) is 0 Å². The third-order valence-corrected chi connectivity index (χ3v) is 0.963. The molecule has 0 fully saturated rings. The van der Waals surface area contributed by atoms with Gasteiger partial charge in [-0.15, -0.1) is 0 Å². The van der Waals surface area contributed by atoms with Crippen LogP contribution in [0.25, 0.3) is 0 Å². The zero-order valence-corrected chi connectivity index (χ0v) is 5.66. The highest BCUT2D eigenvalue weighted by Gasteiger charge is 1.95. The fourth-order valence-corrected chi connectivity index (χ4v) is 0.635. The van der Waals surface area contributed by atoms with E-state index in [9.17, 15) is 0 Å². The smallest absolute Gasteiger partial charge is 0.150 e. The molecule has 0 radical (unpaired) electrons. The Balaban J connectivity index is 2.48. The first-order valence-corrected chi connectivity index (χ1v) is 2.83. The summed E-state index contributed by atoms with van der Waals surface area (Å²) in [5, 5.41) is 3.57. The zero-order valence-electron chi connectivity index (χ0n) is 5.66. The van der Waals surface area contributed by atoms with Crippen molar-refractivity contribution in [3.63, 3.8) is 0 Å². The minimum Gasteiger partial charge on any atom is -0.360 e. The fourth-order valence-electron chi connectivity index (χ4n) is 0.635. The van der Waals surface area contributed by atoms with Crippen molar-refractivity contribution in [2.75, 3.05) is 14.1 Å². The third-order valence-electron chi connectivity index (χ3n) is 0.963. The van der Waals surface area contributed by atoms with Crippen LogP contribution in [0.4, 0.5) is 0 Å². The summed E-state index contributed by atoms with van der Waals surface area (Å²) in [6.45, 7) is 0.819. The van der Waals surface area contributed by atoms with E-state index in [-0.39, 0.29) is 0 Å². The van der Waals surface area contributed by atoms with Crippen LogP contribution in [0.3, 0.4) is 0 Å². The van der Waals surface area contributed by atoms with E-state index in [1.54, 1.807) is 6.20 Å². The maximum Gasteiger partial charge on any atom is 0.150 e. The Hall–Kier alpha value is -0.830. The van der Waals surface area contributed by atoms with Crippen molar-refractivity contribution in [3.05, 3.63) is 18.0 Å². The first kappa shape index (κ1) is 6.29. The standard InChI is InChI=1S/C6H10N2O/c1-8(2)5-6-3-4-7-9-6/h3-4H,5H2,1-2H3. The van der Waals surface area contributed by atoms with Gasteiger partial charge in [0.25, 0.3) is 0 Å². The number of rotatable bonds is 2. The Morgan fingerprint density at radius 1 is 1.67 bits per heavy atom. The Morgan fingerprint density at radius 2 is 2.44 bits per heavy atom. The second-order valence-electron chi connectivity index (χ2n) is 2.22. The average molecular weight is 126 g/mol. The summed E-state index contributed by atoms with van der Waals surface area (Å²) in [7, 11) is 3.98. The van der Waals surface area contributed by atoms with Crippen LogP contribution in [0.15, 0.2) is 16.8 Å². The minimum absolute atomic E-state index is 0.819. The number of nitrogens with zero attached hydrogens (tertiary/aromatic N) is 2. The predicted molar refractivity (Wildman–Crippen MR) is 33.9 cm³/mol. The lowest BCUT2D eigenvalue weighted by molar-refractivity contribution is 0.310. The monoisotopic (exact) mass is 126 g/mol. The first-order chi connectivity index (χ1) is 4.29. The molecule has 0 aliphatic carbocycles. The molecular weight excluding hydrogens is 116 g/mol. The first-order valence-electron chi connectivity index (χ1n) is 2.83. The summed E-state index contributed by atoms with van der Waals surface area (Å²) in [6, 6.07) is 1.86. The maximum absolute atomic E-state index is 4.85. The van der Waals surface area contributed by atoms with E-state index >= 15 is 0 Å². The van der Waals surface area contributed by atoms with E-state index in [1.807, 2.05) is 25.1 Å². The quantitative estimate of drug-likeness (QED) is 0.585. The molecule has 0 spiro atoms. The van der Waals surface area contributed by atoms with Gasteiger partial charge in [-0.1, -0.05) is 5.16 Å². The van der Waals surface area contributed by atoms with Crippen LogP contribution in [0, 0.1) is 0 Å². The molecule has 3 heteroatoms. The maximum atomic E-state index is 4.85. The number of hydrogen-bond donors (Lipinski definition) is 0. The van der Waals surface area contributed by atoms with E-state index in [0.29, 0.717) is 0 Å². The molecule has 0 aliphatic rings. The molecule has 1 aromatic rings. The second kappa shape index (κ2) is 2.64. The number of hydrogen-bond acceptors (Lipinski definition) is 3. The molecule has 0 bridgehead atoms. The summed E-state index contributed by atoms with van der Waals surface area (Å²) in [6.07, 6.45) is 1.65. The fraction of sp³-hybridized carbons (Fsp3) is 0.500. The lowest BCUT2D eigenvalue weighted by Crippen LogP contribution is -2.09. The molecule has 0 N–H and O–H groups in total. The van der Waals surface area contributed by atoms with Crippen LogP contribution in [0.5, 0.6) is 0 Å². The molecule has 0 amide bonds. The third kappa shape index (κ3) is 1.85. The molecule has 0 saturated heterocycles. The van der Waals surface area contributed by atoms with Crippen molar-refractivity contribution in [2.45, 2.75) is 6.54 Å². The lowest BCUT2D eigenvalue weighted by atomic mass is 10.4. The van der Waals surface area contributed by atoms with Crippen LogP contribution >= 0.6 is 0 Å². The summed E-state index contributed by atoms with van der Waals surface area (Å²) in [5.74, 6) is 0.903. The van der Waals surface area contributed by atoms with Crippen molar-refractivity contribution in [1.29, 1.82) is 0 Å². The van der Waals surface area contributed by atoms with Crippen LogP contribution in [0.2, 0.25) is 0 Å². The van der Waals surface area contributed by atoms with Gasteiger partial charge in [0, 0.05) is 6.07 Å². The molecule has 50 valence electrons. The molecule has 0 saturated carbocycles. The zero-order chi connectivity index (χ0) is 6.69. The van der Waals surface area contributed by atoms with Gasteiger partial charge in [0.1, 0.15) is 0 Å². The SMILES string of the molecule is CN(C)Cc1ccno1. The highest BCUT2D eigenvalue weighted by molar-refractivity contribution is 4.91. The predicted octanol–water partition coefficient (Wildman–Crippen LogP) is 0.736. The van der Waals surface area contributed by atoms with E-state index in [2.05, 4.69) is 5.16 Å². The van der Waals surface area contributed by atoms with E-state index in [4.69, 9.17) is 4.52 Å². The Kier molecular flexibility index (Phi) is 1.85. The van der Waals surface area contributed by atoms with Gasteiger partial charge >= 0.3 is 0 Å². The topological polar surface area (TPSA) is 29.3 Å². The molecule has 1 heterocycles. The molecule has 0 aliphatic heterocycles. The molecular formula is C6H10N2O. The second-order valence-corrected chi connectivity index (χ2v) is 2.22. The molecule has 1 rings (SSSR count). The van der Waals surface area contributed by atoms with Gasteiger partial charge < -0.3 is 9.42 Å². The van der Waals surface area contributed by atoms with Crippen molar-refractivity contribution in [1.82, 2.24) is 10.1 Å². The lowest BCUT2D eigenvalue weighted by Gasteiger charge is -2.03. The van der Waals surface area contributed by atoms with Crippen molar-refractivity contribution < 1.29 is 4.52 Å². The minimum atomic E-state index is 0.819. The Morgan fingerprint density at radius 3 is 2.89 bits per heavy atom. The molecule has 3 nitrogen and oxygen atoms in total. The van der Waals surface area contributed by atoms with Gasteiger partial charge in [-0.2, -0.15) is 0 Å². The van der Waals surface area contributed by atoms with Gasteiger partial charge in [0.15, 0.2) is 5.76 Å². The normalized spacial score (nSPS) is 10.6. The van der Waals surface area contributed by atoms with Gasteiger partial charge in [0.2, 0.25) is 0 Å². The molecule has 0 unspecified atom stereocenters. The average Bonchev–Trinajstić information content (AvgIpc) is 2.15. The van der Waals surface area contributed by atoms with E-state index < -0.39 is 0 Å². The summed E-state index contributed by atoms with van der Waals surface area (Å²) >= 11 is 0. The molecule has 0 aromatic carbocycles. The summed E-state index contributed by atoms with van der Waals surface area (Å²) in [5.41, 5.74) is 0. The molecule has 1 aromatic heterocycles. The van der Waals surface area contributed by atoms with E-state index in [1.165, 1.54) is 0 Å². The Bertz CT molecular complexity index is 158. The van der Waals surface area contributed by atoms with Crippen LogP contribution in [-0.4, -0.2) is 24.2 Å². The van der Waals surface area contributed by atoms with Crippen LogP contribution < -0.4 is 0 Å². The van der Waals surface area contributed by atoms with Gasteiger partial charge in [-0.05, 0) is 14.1 Å². The van der Waals surface area contributed by atoms with Crippen LogP contribution in [-0.2, 0) is 6.54 Å².